The Hall–Kier alpha value is -2.13. The summed E-state index contributed by atoms with van der Waals surface area (Å²) in [6, 6.07) is 13.4. The van der Waals surface area contributed by atoms with Gasteiger partial charge in [-0.25, -0.2) is 0 Å². The van der Waals surface area contributed by atoms with E-state index in [4.69, 9.17) is 5.73 Å². The first kappa shape index (κ1) is 14.3. The van der Waals surface area contributed by atoms with Crippen LogP contribution >= 0.6 is 0 Å². The molecule has 0 radical (unpaired) electrons. The van der Waals surface area contributed by atoms with Gasteiger partial charge in [0.15, 0.2) is 5.78 Å². The van der Waals surface area contributed by atoms with E-state index in [0.717, 1.165) is 17.5 Å². The number of nitrogens with two attached hydrogens (primary N) is 1. The summed E-state index contributed by atoms with van der Waals surface area (Å²) in [6.45, 7) is 2.15. The molecule has 0 bridgehead atoms. The number of benzene rings is 2. The van der Waals surface area contributed by atoms with Gasteiger partial charge in [-0.1, -0.05) is 37.3 Å². The molecule has 2 rings (SSSR count). The van der Waals surface area contributed by atoms with Crippen molar-refractivity contribution in [2.75, 3.05) is 0 Å². The zero-order valence-electron chi connectivity index (χ0n) is 11.6. The molecular weight excluding hydrogens is 250 g/mol. The van der Waals surface area contributed by atoms with E-state index in [1.165, 1.54) is 0 Å². The maximum atomic E-state index is 12.1. The Morgan fingerprint density at radius 3 is 2.45 bits per heavy atom. The summed E-state index contributed by atoms with van der Waals surface area (Å²) in [7, 11) is 0. The lowest BCUT2D eigenvalue weighted by molar-refractivity contribution is 0.0979. The molecule has 0 fully saturated rings. The molecule has 3 nitrogen and oxygen atoms in total. The monoisotopic (exact) mass is 269 g/mol. The number of aromatic hydroxyl groups is 1. The molecule has 0 aliphatic heterocycles. The molecule has 20 heavy (non-hydrogen) atoms. The quantitative estimate of drug-likeness (QED) is 0.816. The van der Waals surface area contributed by atoms with Gasteiger partial charge in [0, 0.05) is 18.5 Å². The fourth-order valence-corrected chi connectivity index (χ4v) is 2.22. The molecule has 2 aromatic carbocycles. The van der Waals surface area contributed by atoms with Gasteiger partial charge >= 0.3 is 0 Å². The highest BCUT2D eigenvalue weighted by Gasteiger charge is 2.15. The highest BCUT2D eigenvalue weighted by atomic mass is 16.3. The number of hydrogen-bond donors (Lipinski definition) is 2. The SMILES string of the molecule is CCCC(=O)c1cc(-c2ccccc2)cc(CN)c1O. The fourth-order valence-electron chi connectivity index (χ4n) is 2.22. The second-order valence-corrected chi connectivity index (χ2v) is 4.77. The van der Waals surface area contributed by atoms with Crippen molar-refractivity contribution in [3.05, 3.63) is 53.6 Å². The van der Waals surface area contributed by atoms with Crippen LogP contribution in [0.25, 0.3) is 11.1 Å². The molecule has 3 N–H and O–H groups in total. The molecular formula is C17H19NO2. The van der Waals surface area contributed by atoms with Gasteiger partial charge in [0.25, 0.3) is 0 Å². The second-order valence-electron chi connectivity index (χ2n) is 4.77. The smallest absolute Gasteiger partial charge is 0.166 e. The Labute approximate surface area is 119 Å². The fraction of sp³-hybridized carbons (Fsp3) is 0.235. The van der Waals surface area contributed by atoms with Crippen molar-refractivity contribution < 1.29 is 9.90 Å². The Morgan fingerprint density at radius 1 is 1.15 bits per heavy atom. The van der Waals surface area contributed by atoms with Gasteiger partial charge in [0.1, 0.15) is 5.75 Å². The minimum Gasteiger partial charge on any atom is -0.507 e. The molecule has 2 aromatic rings. The van der Waals surface area contributed by atoms with Crippen molar-refractivity contribution in [2.24, 2.45) is 5.73 Å². The molecule has 0 saturated carbocycles. The van der Waals surface area contributed by atoms with Crippen LogP contribution in [0.4, 0.5) is 0 Å². The predicted octanol–water partition coefficient (Wildman–Crippen LogP) is 3.50. The average Bonchev–Trinajstić information content (AvgIpc) is 2.48. The minimum atomic E-state index is -0.0440. The lowest BCUT2D eigenvalue weighted by Gasteiger charge is -2.11. The Kier molecular flexibility index (Phi) is 4.53. The third-order valence-electron chi connectivity index (χ3n) is 3.29. The normalized spacial score (nSPS) is 10.5. The molecule has 0 unspecified atom stereocenters. The number of rotatable bonds is 5. The van der Waals surface area contributed by atoms with E-state index in [0.29, 0.717) is 17.5 Å². The van der Waals surface area contributed by atoms with E-state index >= 15 is 0 Å². The van der Waals surface area contributed by atoms with E-state index in [1.807, 2.05) is 43.3 Å². The number of phenols is 1. The molecule has 0 aliphatic carbocycles. The van der Waals surface area contributed by atoms with Gasteiger partial charge < -0.3 is 10.8 Å². The Bertz CT molecular complexity index is 606. The van der Waals surface area contributed by atoms with Crippen molar-refractivity contribution in [3.63, 3.8) is 0 Å². The third-order valence-corrected chi connectivity index (χ3v) is 3.29. The van der Waals surface area contributed by atoms with E-state index in [-0.39, 0.29) is 18.1 Å². The highest BCUT2D eigenvalue weighted by molar-refractivity contribution is 6.00. The van der Waals surface area contributed by atoms with Crippen LogP contribution in [0.1, 0.15) is 35.7 Å². The van der Waals surface area contributed by atoms with Crippen LogP contribution in [0.5, 0.6) is 5.75 Å². The van der Waals surface area contributed by atoms with Crippen LogP contribution in [0.15, 0.2) is 42.5 Å². The summed E-state index contributed by atoms with van der Waals surface area (Å²) < 4.78 is 0. The van der Waals surface area contributed by atoms with Gasteiger partial charge in [-0.15, -0.1) is 0 Å². The average molecular weight is 269 g/mol. The van der Waals surface area contributed by atoms with Crippen LogP contribution in [-0.2, 0) is 6.54 Å². The van der Waals surface area contributed by atoms with Crippen LogP contribution in [0, 0.1) is 0 Å². The summed E-state index contributed by atoms with van der Waals surface area (Å²) in [6.07, 6.45) is 1.18. The molecule has 0 aliphatic rings. The van der Waals surface area contributed by atoms with Gasteiger partial charge in [-0.2, -0.15) is 0 Å². The predicted molar refractivity (Wildman–Crippen MR) is 80.7 cm³/mol. The maximum absolute atomic E-state index is 12.1. The number of Topliss-reactive ketones (excluding diaryl/α,β-unsaturated/α-hetero) is 1. The Morgan fingerprint density at radius 2 is 1.85 bits per heavy atom. The lowest BCUT2D eigenvalue weighted by atomic mass is 9.95. The molecule has 0 aromatic heterocycles. The summed E-state index contributed by atoms with van der Waals surface area (Å²) in [5, 5.41) is 10.2. The van der Waals surface area contributed by atoms with Crippen molar-refractivity contribution in [1.29, 1.82) is 0 Å². The molecule has 0 spiro atoms. The zero-order valence-corrected chi connectivity index (χ0v) is 11.6. The van der Waals surface area contributed by atoms with Crippen LogP contribution in [-0.4, -0.2) is 10.9 Å². The van der Waals surface area contributed by atoms with E-state index in [2.05, 4.69) is 0 Å². The highest BCUT2D eigenvalue weighted by Crippen LogP contribution is 2.31. The van der Waals surface area contributed by atoms with Crippen LogP contribution in [0.3, 0.4) is 0 Å². The number of ketones is 1. The van der Waals surface area contributed by atoms with Crippen molar-refractivity contribution >= 4 is 5.78 Å². The first-order valence-electron chi connectivity index (χ1n) is 6.82. The van der Waals surface area contributed by atoms with E-state index in [1.54, 1.807) is 6.07 Å². The van der Waals surface area contributed by atoms with Crippen molar-refractivity contribution in [3.8, 4) is 16.9 Å². The first-order valence-corrected chi connectivity index (χ1v) is 6.82. The molecule has 0 amide bonds. The molecule has 0 heterocycles. The van der Waals surface area contributed by atoms with Crippen molar-refractivity contribution in [1.82, 2.24) is 0 Å². The number of carbonyl (C=O) groups is 1. The summed E-state index contributed by atoms with van der Waals surface area (Å²) in [5.41, 5.74) is 8.55. The molecule has 104 valence electrons. The number of hydrogen-bond acceptors (Lipinski definition) is 3. The first-order chi connectivity index (χ1) is 9.67. The van der Waals surface area contributed by atoms with Crippen LogP contribution < -0.4 is 5.73 Å². The molecule has 0 saturated heterocycles. The van der Waals surface area contributed by atoms with Gasteiger partial charge in [0.2, 0.25) is 0 Å². The van der Waals surface area contributed by atoms with Crippen LogP contribution in [0.2, 0.25) is 0 Å². The van der Waals surface area contributed by atoms with Gasteiger partial charge in [-0.05, 0) is 29.7 Å². The topological polar surface area (TPSA) is 63.3 Å². The summed E-state index contributed by atoms with van der Waals surface area (Å²) in [4.78, 5) is 12.1. The van der Waals surface area contributed by atoms with Gasteiger partial charge in [-0.3, -0.25) is 4.79 Å². The summed E-state index contributed by atoms with van der Waals surface area (Å²) in [5.74, 6) is -0.0249. The standard InChI is InChI=1S/C17H19NO2/c1-2-6-16(19)15-10-13(9-14(11-18)17(15)20)12-7-4-3-5-8-12/h3-5,7-10,20H,2,6,11,18H2,1H3. The maximum Gasteiger partial charge on any atom is 0.166 e. The number of carbonyl (C=O) groups excluding carboxylic acids is 1. The van der Waals surface area contributed by atoms with Gasteiger partial charge in [0.05, 0.1) is 5.56 Å². The molecule has 0 atom stereocenters. The van der Waals surface area contributed by atoms with E-state index in [9.17, 15) is 9.90 Å². The van der Waals surface area contributed by atoms with Crippen molar-refractivity contribution in [2.45, 2.75) is 26.3 Å². The number of phenolic OH excluding ortho intramolecular Hbond substituents is 1. The zero-order chi connectivity index (χ0) is 14.5. The minimum absolute atomic E-state index is 0.0191. The lowest BCUT2D eigenvalue weighted by Crippen LogP contribution is -2.04. The Balaban J connectivity index is 2.55. The largest absolute Gasteiger partial charge is 0.507 e. The third kappa shape index (κ3) is 2.89. The second kappa shape index (κ2) is 6.35. The summed E-state index contributed by atoms with van der Waals surface area (Å²) >= 11 is 0. The molecule has 3 heteroatoms. The van der Waals surface area contributed by atoms with E-state index < -0.39 is 0 Å².